The van der Waals surface area contributed by atoms with Gasteiger partial charge in [-0.05, 0) is 17.9 Å². The fourth-order valence-corrected chi connectivity index (χ4v) is 1.89. The first kappa shape index (κ1) is 16.2. The number of esters is 1. The summed E-state index contributed by atoms with van der Waals surface area (Å²) in [4.78, 5) is 23.3. The Hall–Kier alpha value is -1.84. The lowest BCUT2D eigenvalue weighted by molar-refractivity contribution is -0.157. The largest absolute Gasteiger partial charge is 0.481 e. The van der Waals surface area contributed by atoms with E-state index >= 15 is 0 Å². The van der Waals surface area contributed by atoms with Crippen LogP contribution in [-0.4, -0.2) is 23.7 Å². The van der Waals surface area contributed by atoms with E-state index in [1.807, 2.05) is 44.2 Å². The molecule has 0 aromatic heterocycles. The van der Waals surface area contributed by atoms with Crippen molar-refractivity contribution < 1.29 is 19.4 Å². The summed E-state index contributed by atoms with van der Waals surface area (Å²) in [7, 11) is 0. The average Bonchev–Trinajstić information content (AvgIpc) is 2.42. The molecule has 0 fully saturated rings. The zero-order valence-corrected chi connectivity index (χ0v) is 12.2. The Morgan fingerprint density at radius 2 is 1.75 bits per heavy atom. The molecule has 0 amide bonds. The van der Waals surface area contributed by atoms with Crippen molar-refractivity contribution in [2.75, 3.05) is 6.61 Å². The zero-order chi connectivity index (χ0) is 15.1. The van der Waals surface area contributed by atoms with Crippen LogP contribution in [-0.2, 0) is 20.7 Å². The second-order valence-electron chi connectivity index (χ2n) is 5.45. The molecule has 0 saturated heterocycles. The van der Waals surface area contributed by atoms with Crippen LogP contribution in [0.2, 0.25) is 0 Å². The van der Waals surface area contributed by atoms with E-state index in [0.717, 1.165) is 5.56 Å². The van der Waals surface area contributed by atoms with Gasteiger partial charge in [0.1, 0.15) is 0 Å². The lowest BCUT2D eigenvalue weighted by atomic mass is 9.88. The Morgan fingerprint density at radius 1 is 1.15 bits per heavy atom. The molecule has 0 heterocycles. The van der Waals surface area contributed by atoms with Crippen LogP contribution in [0.15, 0.2) is 30.3 Å². The summed E-state index contributed by atoms with van der Waals surface area (Å²) in [6, 6.07) is 9.32. The second kappa shape index (κ2) is 7.68. The molecular weight excluding hydrogens is 256 g/mol. The summed E-state index contributed by atoms with van der Waals surface area (Å²) in [6.45, 7) is 5.82. The molecular formula is C16H22O4. The van der Waals surface area contributed by atoms with Gasteiger partial charge in [-0.1, -0.05) is 51.1 Å². The van der Waals surface area contributed by atoms with Crippen molar-refractivity contribution in [1.29, 1.82) is 0 Å². The maximum absolute atomic E-state index is 11.9. The highest BCUT2D eigenvalue weighted by Gasteiger charge is 2.31. The number of carboxylic acid groups (broad SMARTS) is 1. The summed E-state index contributed by atoms with van der Waals surface area (Å²) in [5, 5.41) is 9.32. The van der Waals surface area contributed by atoms with Gasteiger partial charge in [-0.2, -0.15) is 0 Å². The Kier molecular flexibility index (Phi) is 6.22. The number of carbonyl (C=O) groups excluding carboxylic acids is 1. The van der Waals surface area contributed by atoms with Crippen molar-refractivity contribution in [3.63, 3.8) is 0 Å². The van der Waals surface area contributed by atoms with E-state index in [4.69, 9.17) is 4.74 Å². The fourth-order valence-electron chi connectivity index (χ4n) is 1.89. The molecule has 0 aliphatic rings. The van der Waals surface area contributed by atoms with Gasteiger partial charge in [-0.15, -0.1) is 0 Å². The van der Waals surface area contributed by atoms with Crippen LogP contribution in [0.4, 0.5) is 0 Å². The summed E-state index contributed by atoms with van der Waals surface area (Å²) in [6.07, 6.45) is 0.327. The van der Waals surface area contributed by atoms with Crippen LogP contribution >= 0.6 is 0 Å². The molecule has 0 aliphatic carbocycles. The van der Waals surface area contributed by atoms with Crippen molar-refractivity contribution in [2.45, 2.75) is 27.2 Å². The van der Waals surface area contributed by atoms with E-state index in [-0.39, 0.29) is 5.92 Å². The minimum absolute atomic E-state index is 0.239. The van der Waals surface area contributed by atoms with Crippen LogP contribution in [0.25, 0.3) is 0 Å². The molecule has 4 nitrogen and oxygen atoms in total. The van der Waals surface area contributed by atoms with Crippen LogP contribution in [0.3, 0.4) is 0 Å². The predicted octanol–water partition coefficient (Wildman–Crippen LogP) is 2.77. The van der Waals surface area contributed by atoms with Crippen LogP contribution in [0.5, 0.6) is 0 Å². The standard InChI is InChI=1S/C16H22O4/c1-11(2)10-20-16(19)12(3)14(15(17)18)9-13-7-5-4-6-8-13/h4-8,11-12,14H,9-10H2,1-3H3,(H,17,18)/t12-,14+/m1/s1. The molecule has 1 aromatic rings. The lowest BCUT2D eigenvalue weighted by Crippen LogP contribution is -2.31. The van der Waals surface area contributed by atoms with Crippen molar-refractivity contribution in [3.8, 4) is 0 Å². The number of hydrogen-bond donors (Lipinski definition) is 1. The zero-order valence-electron chi connectivity index (χ0n) is 12.2. The van der Waals surface area contributed by atoms with Gasteiger partial charge in [0.2, 0.25) is 0 Å². The van der Waals surface area contributed by atoms with Gasteiger partial charge in [0.15, 0.2) is 0 Å². The molecule has 1 rings (SSSR count). The van der Waals surface area contributed by atoms with Crippen LogP contribution in [0, 0.1) is 17.8 Å². The van der Waals surface area contributed by atoms with Crippen molar-refractivity contribution in [2.24, 2.45) is 17.8 Å². The number of carbonyl (C=O) groups is 2. The third-order valence-corrected chi connectivity index (χ3v) is 3.15. The molecule has 2 atom stereocenters. The Morgan fingerprint density at radius 3 is 2.25 bits per heavy atom. The lowest BCUT2D eigenvalue weighted by Gasteiger charge is -2.19. The Bertz CT molecular complexity index is 439. The highest BCUT2D eigenvalue weighted by Crippen LogP contribution is 2.20. The second-order valence-corrected chi connectivity index (χ2v) is 5.45. The van der Waals surface area contributed by atoms with E-state index < -0.39 is 23.8 Å². The molecule has 0 aliphatic heterocycles. The van der Waals surface area contributed by atoms with Gasteiger partial charge >= 0.3 is 11.9 Å². The maximum Gasteiger partial charge on any atom is 0.309 e. The first-order chi connectivity index (χ1) is 9.41. The number of ether oxygens (including phenoxy) is 1. The predicted molar refractivity (Wildman–Crippen MR) is 76.2 cm³/mol. The van der Waals surface area contributed by atoms with Crippen molar-refractivity contribution in [3.05, 3.63) is 35.9 Å². The summed E-state index contributed by atoms with van der Waals surface area (Å²) >= 11 is 0. The minimum Gasteiger partial charge on any atom is -0.481 e. The number of rotatable bonds is 7. The van der Waals surface area contributed by atoms with Gasteiger partial charge in [-0.3, -0.25) is 9.59 Å². The molecule has 110 valence electrons. The maximum atomic E-state index is 11.9. The third kappa shape index (κ3) is 5.03. The van der Waals surface area contributed by atoms with Crippen molar-refractivity contribution >= 4 is 11.9 Å². The Balaban J connectivity index is 2.70. The fraction of sp³-hybridized carbons (Fsp3) is 0.500. The van der Waals surface area contributed by atoms with E-state index in [1.165, 1.54) is 0 Å². The van der Waals surface area contributed by atoms with E-state index in [0.29, 0.717) is 13.0 Å². The van der Waals surface area contributed by atoms with Gasteiger partial charge in [0.05, 0.1) is 18.4 Å². The van der Waals surface area contributed by atoms with Gasteiger partial charge < -0.3 is 9.84 Å². The topological polar surface area (TPSA) is 63.6 Å². The van der Waals surface area contributed by atoms with E-state index in [1.54, 1.807) is 6.92 Å². The van der Waals surface area contributed by atoms with Gasteiger partial charge in [-0.25, -0.2) is 0 Å². The summed E-state index contributed by atoms with van der Waals surface area (Å²) < 4.78 is 5.13. The molecule has 1 N–H and O–H groups in total. The SMILES string of the molecule is CC(C)COC(=O)[C@H](C)[C@H](Cc1ccccc1)C(=O)O. The summed E-state index contributed by atoms with van der Waals surface area (Å²) in [5.41, 5.74) is 0.906. The Labute approximate surface area is 119 Å². The number of aliphatic carboxylic acids is 1. The monoisotopic (exact) mass is 278 g/mol. The summed E-state index contributed by atoms with van der Waals surface area (Å²) in [5.74, 6) is -2.60. The van der Waals surface area contributed by atoms with E-state index in [9.17, 15) is 14.7 Å². The third-order valence-electron chi connectivity index (χ3n) is 3.15. The molecule has 0 radical (unpaired) electrons. The van der Waals surface area contributed by atoms with Gasteiger partial charge in [0, 0.05) is 0 Å². The number of carboxylic acids is 1. The molecule has 1 aromatic carbocycles. The first-order valence-corrected chi connectivity index (χ1v) is 6.85. The minimum atomic E-state index is -0.970. The molecule has 0 spiro atoms. The van der Waals surface area contributed by atoms with Crippen LogP contribution < -0.4 is 0 Å². The number of benzene rings is 1. The van der Waals surface area contributed by atoms with Gasteiger partial charge in [0.25, 0.3) is 0 Å². The highest BCUT2D eigenvalue weighted by atomic mass is 16.5. The quantitative estimate of drug-likeness (QED) is 0.779. The normalized spacial score (nSPS) is 13.8. The average molecular weight is 278 g/mol. The molecule has 0 bridgehead atoms. The smallest absolute Gasteiger partial charge is 0.309 e. The molecule has 0 unspecified atom stereocenters. The first-order valence-electron chi connectivity index (χ1n) is 6.85. The van der Waals surface area contributed by atoms with E-state index in [2.05, 4.69) is 0 Å². The van der Waals surface area contributed by atoms with Crippen molar-refractivity contribution in [1.82, 2.24) is 0 Å². The molecule has 20 heavy (non-hydrogen) atoms. The number of hydrogen-bond acceptors (Lipinski definition) is 3. The highest BCUT2D eigenvalue weighted by molar-refractivity contribution is 5.81. The molecule has 4 heteroatoms. The molecule has 0 saturated carbocycles. The van der Waals surface area contributed by atoms with Crippen LogP contribution in [0.1, 0.15) is 26.3 Å².